The summed E-state index contributed by atoms with van der Waals surface area (Å²) in [5.74, 6) is -0.0579. The van der Waals surface area contributed by atoms with Crippen molar-refractivity contribution in [2.45, 2.75) is 13.0 Å². The minimum atomic E-state index is -3.38. The first kappa shape index (κ1) is 12.1. The van der Waals surface area contributed by atoms with E-state index in [1.165, 1.54) is 0 Å². The zero-order chi connectivity index (χ0) is 11.3. The van der Waals surface area contributed by atoms with Crippen LogP contribution in [0, 0.1) is 0 Å². The number of primary sulfonamides is 1. The van der Waals surface area contributed by atoms with Gasteiger partial charge in [-0.3, -0.25) is 4.98 Å². The maximum absolute atomic E-state index is 10.7. The van der Waals surface area contributed by atoms with Crippen LogP contribution in [0.2, 0.25) is 0 Å². The van der Waals surface area contributed by atoms with Crippen molar-refractivity contribution in [2.75, 3.05) is 12.3 Å². The summed E-state index contributed by atoms with van der Waals surface area (Å²) >= 11 is 0. The van der Waals surface area contributed by atoms with Gasteiger partial charge in [-0.25, -0.2) is 13.6 Å². The third-order valence-corrected chi connectivity index (χ3v) is 2.79. The Hall–Kier alpha value is -0.980. The third kappa shape index (κ3) is 4.87. The van der Waals surface area contributed by atoms with Crippen molar-refractivity contribution in [1.82, 2.24) is 10.3 Å². The van der Waals surface area contributed by atoms with E-state index in [-0.39, 0.29) is 11.8 Å². The molecule has 0 fully saturated rings. The molecule has 5 nitrogen and oxygen atoms in total. The molecule has 1 unspecified atom stereocenters. The minimum Gasteiger partial charge on any atom is -0.309 e. The molecule has 0 amide bonds. The van der Waals surface area contributed by atoms with E-state index in [2.05, 4.69) is 10.3 Å². The van der Waals surface area contributed by atoms with Gasteiger partial charge in [-0.15, -0.1) is 0 Å². The molecule has 0 saturated carbocycles. The van der Waals surface area contributed by atoms with Crippen LogP contribution in [0.25, 0.3) is 0 Å². The number of nitrogens with two attached hydrogens (primary N) is 1. The monoisotopic (exact) mass is 229 g/mol. The van der Waals surface area contributed by atoms with E-state index < -0.39 is 10.0 Å². The zero-order valence-corrected chi connectivity index (χ0v) is 9.37. The molecule has 0 aromatic carbocycles. The normalized spacial score (nSPS) is 13.7. The van der Waals surface area contributed by atoms with Crippen LogP contribution >= 0.6 is 0 Å². The van der Waals surface area contributed by atoms with Crippen molar-refractivity contribution < 1.29 is 8.42 Å². The van der Waals surface area contributed by atoms with Crippen molar-refractivity contribution in [3.63, 3.8) is 0 Å². The van der Waals surface area contributed by atoms with Crippen LogP contribution in [-0.2, 0) is 10.0 Å². The second kappa shape index (κ2) is 5.20. The molecule has 1 rings (SSSR count). The van der Waals surface area contributed by atoms with Gasteiger partial charge in [0.25, 0.3) is 0 Å². The zero-order valence-electron chi connectivity index (χ0n) is 8.55. The van der Waals surface area contributed by atoms with E-state index in [0.29, 0.717) is 6.54 Å². The molecule has 6 heteroatoms. The molecule has 0 aliphatic carbocycles. The molecule has 0 aliphatic rings. The van der Waals surface area contributed by atoms with Crippen molar-refractivity contribution in [3.8, 4) is 0 Å². The van der Waals surface area contributed by atoms with E-state index >= 15 is 0 Å². The summed E-state index contributed by atoms with van der Waals surface area (Å²) in [6.07, 6.45) is 3.44. The Kier molecular flexibility index (Phi) is 4.19. The van der Waals surface area contributed by atoms with Crippen molar-refractivity contribution in [1.29, 1.82) is 0 Å². The average Bonchev–Trinajstić information content (AvgIpc) is 2.17. The first-order valence-electron chi connectivity index (χ1n) is 4.63. The van der Waals surface area contributed by atoms with Crippen LogP contribution in [0.1, 0.15) is 18.5 Å². The van der Waals surface area contributed by atoms with Crippen LogP contribution in [0.15, 0.2) is 24.5 Å². The summed E-state index contributed by atoms with van der Waals surface area (Å²) in [5, 5.41) is 7.94. The Bertz CT molecular complexity index is 391. The quantitative estimate of drug-likeness (QED) is 0.745. The Morgan fingerprint density at radius 2 is 2.33 bits per heavy atom. The number of rotatable bonds is 5. The molecule has 0 bridgehead atoms. The fourth-order valence-corrected chi connectivity index (χ4v) is 1.57. The predicted molar refractivity (Wildman–Crippen MR) is 58.6 cm³/mol. The average molecular weight is 229 g/mol. The fourth-order valence-electron chi connectivity index (χ4n) is 1.17. The third-order valence-electron chi connectivity index (χ3n) is 2.02. The summed E-state index contributed by atoms with van der Waals surface area (Å²) in [4.78, 5) is 3.98. The van der Waals surface area contributed by atoms with E-state index in [1.807, 2.05) is 19.1 Å². The van der Waals surface area contributed by atoms with Gasteiger partial charge >= 0.3 is 0 Å². The second-order valence-corrected chi connectivity index (χ2v) is 5.06. The smallest absolute Gasteiger partial charge is 0.210 e. The van der Waals surface area contributed by atoms with E-state index in [4.69, 9.17) is 5.14 Å². The van der Waals surface area contributed by atoms with Crippen molar-refractivity contribution >= 4 is 10.0 Å². The molecule has 3 N–H and O–H groups in total. The first-order chi connectivity index (χ1) is 6.99. The Morgan fingerprint density at radius 1 is 1.60 bits per heavy atom. The Labute approximate surface area is 89.8 Å². The number of pyridine rings is 1. The summed E-state index contributed by atoms with van der Waals surface area (Å²) in [6, 6.07) is 3.84. The topological polar surface area (TPSA) is 85.1 Å². The molecule has 0 radical (unpaired) electrons. The molecular weight excluding hydrogens is 214 g/mol. The molecule has 1 atom stereocenters. The van der Waals surface area contributed by atoms with E-state index in [1.54, 1.807) is 12.4 Å². The van der Waals surface area contributed by atoms with Crippen LogP contribution < -0.4 is 10.5 Å². The molecule has 0 spiro atoms. The van der Waals surface area contributed by atoms with Crippen LogP contribution in [0.5, 0.6) is 0 Å². The molecule has 1 aromatic heterocycles. The van der Waals surface area contributed by atoms with Gasteiger partial charge in [0.05, 0.1) is 5.75 Å². The Balaban J connectivity index is 2.41. The van der Waals surface area contributed by atoms with E-state index in [0.717, 1.165) is 5.56 Å². The standard InChI is InChI=1S/C9H15N3O2S/c1-8(9-3-2-4-11-7-9)12-5-6-15(10,13)14/h2-4,7-8,12H,5-6H2,1H3,(H2,10,13,14). The lowest BCUT2D eigenvalue weighted by Crippen LogP contribution is -2.28. The van der Waals surface area contributed by atoms with Crippen molar-refractivity contribution in [3.05, 3.63) is 30.1 Å². The van der Waals surface area contributed by atoms with Crippen LogP contribution in [0.4, 0.5) is 0 Å². The molecule has 1 heterocycles. The van der Waals surface area contributed by atoms with Gasteiger partial charge in [0.2, 0.25) is 10.0 Å². The lowest BCUT2D eigenvalue weighted by atomic mass is 10.1. The lowest BCUT2D eigenvalue weighted by Gasteiger charge is -2.12. The maximum atomic E-state index is 10.7. The molecular formula is C9H15N3O2S. The lowest BCUT2D eigenvalue weighted by molar-refractivity contribution is 0.572. The van der Waals surface area contributed by atoms with E-state index in [9.17, 15) is 8.42 Å². The SMILES string of the molecule is CC(NCCS(N)(=O)=O)c1cccnc1. The first-order valence-corrected chi connectivity index (χ1v) is 6.34. The number of aromatic nitrogens is 1. The summed E-state index contributed by atoms with van der Waals surface area (Å²) < 4.78 is 21.3. The highest BCUT2D eigenvalue weighted by Gasteiger charge is 2.06. The van der Waals surface area contributed by atoms with Crippen LogP contribution in [-0.4, -0.2) is 25.7 Å². The molecule has 0 aliphatic heterocycles. The van der Waals surface area contributed by atoms with Gasteiger partial charge in [0.1, 0.15) is 0 Å². The highest BCUT2D eigenvalue weighted by molar-refractivity contribution is 7.89. The maximum Gasteiger partial charge on any atom is 0.210 e. The van der Waals surface area contributed by atoms with Gasteiger partial charge in [0.15, 0.2) is 0 Å². The largest absolute Gasteiger partial charge is 0.309 e. The number of hydrogen-bond acceptors (Lipinski definition) is 4. The van der Waals surface area contributed by atoms with Crippen LogP contribution in [0.3, 0.4) is 0 Å². The van der Waals surface area contributed by atoms with Gasteiger partial charge in [0, 0.05) is 25.0 Å². The van der Waals surface area contributed by atoms with Gasteiger partial charge in [-0.05, 0) is 18.6 Å². The summed E-state index contributed by atoms with van der Waals surface area (Å²) in [5.41, 5.74) is 1.02. The highest BCUT2D eigenvalue weighted by atomic mass is 32.2. The minimum absolute atomic E-state index is 0.0579. The summed E-state index contributed by atoms with van der Waals surface area (Å²) in [7, 11) is -3.38. The highest BCUT2D eigenvalue weighted by Crippen LogP contribution is 2.08. The number of hydrogen-bond donors (Lipinski definition) is 2. The second-order valence-electron chi connectivity index (χ2n) is 3.33. The fraction of sp³-hybridized carbons (Fsp3) is 0.444. The van der Waals surface area contributed by atoms with Crippen molar-refractivity contribution in [2.24, 2.45) is 5.14 Å². The molecule has 15 heavy (non-hydrogen) atoms. The van der Waals surface area contributed by atoms with Gasteiger partial charge in [-0.2, -0.15) is 0 Å². The van der Waals surface area contributed by atoms with Gasteiger partial charge < -0.3 is 5.32 Å². The number of nitrogens with zero attached hydrogens (tertiary/aromatic N) is 1. The Morgan fingerprint density at radius 3 is 2.87 bits per heavy atom. The predicted octanol–water partition coefficient (Wildman–Crippen LogP) is 0.0207. The summed E-state index contributed by atoms with van der Waals surface area (Å²) in [6.45, 7) is 2.29. The number of sulfonamides is 1. The number of nitrogens with one attached hydrogen (secondary N) is 1. The molecule has 0 saturated heterocycles. The molecule has 1 aromatic rings. The van der Waals surface area contributed by atoms with Gasteiger partial charge in [-0.1, -0.05) is 6.07 Å². The molecule has 84 valence electrons.